The van der Waals surface area contributed by atoms with Crippen molar-refractivity contribution >= 4 is 11.9 Å². The Morgan fingerprint density at radius 1 is 1.50 bits per heavy atom. The van der Waals surface area contributed by atoms with Crippen molar-refractivity contribution in [2.75, 3.05) is 6.54 Å². The summed E-state index contributed by atoms with van der Waals surface area (Å²) in [7, 11) is 0. The number of hydrogen-bond acceptors (Lipinski definition) is 3. The maximum absolute atomic E-state index is 11.6. The fraction of sp³-hybridized carbons (Fsp3) is 0.583. The summed E-state index contributed by atoms with van der Waals surface area (Å²) in [4.78, 5) is 22.7. The SMILES string of the molecule is CC(C)(C)CC(CNC(=O)c1cn[nH]c1)C(=O)O. The minimum atomic E-state index is -0.891. The maximum atomic E-state index is 11.6. The van der Waals surface area contributed by atoms with E-state index in [4.69, 9.17) is 5.11 Å². The average Bonchev–Trinajstić information content (AvgIpc) is 2.75. The zero-order valence-corrected chi connectivity index (χ0v) is 10.9. The molecule has 1 amide bonds. The van der Waals surface area contributed by atoms with E-state index in [1.807, 2.05) is 20.8 Å². The van der Waals surface area contributed by atoms with Gasteiger partial charge in [-0.1, -0.05) is 20.8 Å². The summed E-state index contributed by atoms with van der Waals surface area (Å²) in [5.74, 6) is -1.79. The van der Waals surface area contributed by atoms with Gasteiger partial charge in [0.25, 0.3) is 5.91 Å². The molecule has 0 saturated carbocycles. The van der Waals surface area contributed by atoms with Crippen molar-refractivity contribution in [2.24, 2.45) is 11.3 Å². The molecule has 6 nitrogen and oxygen atoms in total. The second-order valence-corrected chi connectivity index (χ2v) is 5.50. The van der Waals surface area contributed by atoms with Crippen LogP contribution < -0.4 is 5.32 Å². The van der Waals surface area contributed by atoms with Gasteiger partial charge in [-0.3, -0.25) is 14.7 Å². The number of hydrogen-bond donors (Lipinski definition) is 3. The lowest BCUT2D eigenvalue weighted by atomic mass is 9.84. The number of H-pyrrole nitrogens is 1. The Bertz CT molecular complexity index is 407. The highest BCUT2D eigenvalue weighted by atomic mass is 16.4. The van der Waals surface area contributed by atoms with Gasteiger partial charge in [0, 0.05) is 12.7 Å². The van der Waals surface area contributed by atoms with Gasteiger partial charge < -0.3 is 10.4 Å². The number of carboxylic acid groups (broad SMARTS) is 1. The third kappa shape index (κ3) is 4.57. The first-order valence-corrected chi connectivity index (χ1v) is 5.79. The van der Waals surface area contributed by atoms with E-state index in [1.165, 1.54) is 12.4 Å². The van der Waals surface area contributed by atoms with Gasteiger partial charge in [-0.15, -0.1) is 0 Å². The number of nitrogens with one attached hydrogen (secondary N) is 2. The molecule has 0 aliphatic rings. The highest BCUT2D eigenvalue weighted by Gasteiger charge is 2.25. The molecule has 0 aliphatic carbocycles. The molecule has 1 atom stereocenters. The monoisotopic (exact) mass is 253 g/mol. The van der Waals surface area contributed by atoms with Crippen molar-refractivity contribution in [3.8, 4) is 0 Å². The summed E-state index contributed by atoms with van der Waals surface area (Å²) in [6.45, 7) is 6.04. The fourth-order valence-electron chi connectivity index (χ4n) is 1.68. The van der Waals surface area contributed by atoms with Crippen LogP contribution in [-0.2, 0) is 4.79 Å². The summed E-state index contributed by atoms with van der Waals surface area (Å²) in [5.41, 5.74) is 0.304. The van der Waals surface area contributed by atoms with Crippen molar-refractivity contribution in [3.63, 3.8) is 0 Å². The van der Waals surface area contributed by atoms with Gasteiger partial charge >= 0.3 is 5.97 Å². The van der Waals surface area contributed by atoms with Gasteiger partial charge in [-0.2, -0.15) is 5.10 Å². The highest BCUT2D eigenvalue weighted by molar-refractivity contribution is 5.93. The van der Waals surface area contributed by atoms with E-state index in [9.17, 15) is 9.59 Å². The number of aromatic nitrogens is 2. The molecule has 0 bridgehead atoms. The van der Waals surface area contributed by atoms with Crippen LogP contribution >= 0.6 is 0 Å². The standard InChI is InChI=1S/C12H19N3O3/c1-12(2,3)4-8(11(17)18)5-13-10(16)9-6-14-15-7-9/h6-8H,4-5H2,1-3H3,(H,13,16)(H,14,15)(H,17,18). The van der Waals surface area contributed by atoms with E-state index in [0.29, 0.717) is 12.0 Å². The van der Waals surface area contributed by atoms with Crippen LogP contribution in [0.2, 0.25) is 0 Å². The fourth-order valence-corrected chi connectivity index (χ4v) is 1.68. The van der Waals surface area contributed by atoms with Crippen LogP contribution in [0.5, 0.6) is 0 Å². The molecule has 0 aliphatic heterocycles. The molecule has 1 rings (SSSR count). The highest BCUT2D eigenvalue weighted by Crippen LogP contribution is 2.24. The molecule has 6 heteroatoms. The van der Waals surface area contributed by atoms with Crippen LogP contribution in [-0.4, -0.2) is 33.7 Å². The zero-order valence-electron chi connectivity index (χ0n) is 10.9. The number of rotatable bonds is 5. The van der Waals surface area contributed by atoms with Crippen molar-refractivity contribution < 1.29 is 14.7 Å². The number of nitrogens with zero attached hydrogens (tertiary/aromatic N) is 1. The van der Waals surface area contributed by atoms with Crippen molar-refractivity contribution in [1.29, 1.82) is 0 Å². The van der Waals surface area contributed by atoms with Crippen LogP contribution in [0, 0.1) is 11.3 Å². The molecule has 0 saturated heterocycles. The van der Waals surface area contributed by atoms with E-state index in [0.717, 1.165) is 0 Å². The predicted molar refractivity (Wildman–Crippen MR) is 66.1 cm³/mol. The van der Waals surface area contributed by atoms with Gasteiger partial charge in [0.05, 0.1) is 17.7 Å². The van der Waals surface area contributed by atoms with Crippen LogP contribution in [0.25, 0.3) is 0 Å². The molecule has 1 unspecified atom stereocenters. The normalized spacial score (nSPS) is 13.1. The third-order valence-electron chi connectivity index (χ3n) is 2.48. The Hall–Kier alpha value is -1.85. The Morgan fingerprint density at radius 2 is 2.17 bits per heavy atom. The van der Waals surface area contributed by atoms with Gasteiger partial charge in [0.1, 0.15) is 0 Å². The molecule has 0 fully saturated rings. The molecule has 1 heterocycles. The van der Waals surface area contributed by atoms with E-state index in [1.54, 1.807) is 0 Å². The molecule has 0 spiro atoms. The smallest absolute Gasteiger partial charge is 0.308 e. The van der Waals surface area contributed by atoms with Gasteiger partial charge in [-0.25, -0.2) is 0 Å². The van der Waals surface area contributed by atoms with E-state index < -0.39 is 11.9 Å². The number of aliphatic carboxylic acids is 1. The first kappa shape index (κ1) is 14.2. The summed E-state index contributed by atoms with van der Waals surface area (Å²) < 4.78 is 0. The first-order chi connectivity index (χ1) is 8.29. The number of carboxylic acids is 1. The number of amides is 1. The van der Waals surface area contributed by atoms with Crippen molar-refractivity contribution in [1.82, 2.24) is 15.5 Å². The Labute approximate surface area is 106 Å². The second kappa shape index (κ2) is 5.66. The third-order valence-corrected chi connectivity index (χ3v) is 2.48. The lowest BCUT2D eigenvalue weighted by Gasteiger charge is -2.23. The molecule has 3 N–H and O–H groups in total. The van der Waals surface area contributed by atoms with Gasteiger partial charge in [0.2, 0.25) is 0 Å². The number of carbonyl (C=O) groups excluding carboxylic acids is 1. The van der Waals surface area contributed by atoms with Gasteiger partial charge in [0.15, 0.2) is 0 Å². The zero-order chi connectivity index (χ0) is 13.8. The quantitative estimate of drug-likeness (QED) is 0.736. The predicted octanol–water partition coefficient (Wildman–Crippen LogP) is 1.28. The summed E-state index contributed by atoms with van der Waals surface area (Å²) in [6, 6.07) is 0. The van der Waals surface area contributed by atoms with E-state index in [2.05, 4.69) is 15.5 Å². The summed E-state index contributed by atoms with van der Waals surface area (Å²) in [6.07, 6.45) is 3.37. The van der Waals surface area contributed by atoms with Crippen molar-refractivity contribution in [3.05, 3.63) is 18.0 Å². The number of aromatic amines is 1. The lowest BCUT2D eigenvalue weighted by molar-refractivity contribution is -0.142. The maximum Gasteiger partial charge on any atom is 0.308 e. The molecular weight excluding hydrogens is 234 g/mol. The Kier molecular flexibility index (Phi) is 4.47. The molecule has 1 aromatic heterocycles. The van der Waals surface area contributed by atoms with Crippen LogP contribution in [0.4, 0.5) is 0 Å². The second-order valence-electron chi connectivity index (χ2n) is 5.50. The van der Waals surface area contributed by atoms with Crippen molar-refractivity contribution in [2.45, 2.75) is 27.2 Å². The molecule has 0 radical (unpaired) electrons. The molecule has 0 aromatic carbocycles. The largest absolute Gasteiger partial charge is 0.481 e. The minimum absolute atomic E-state index is 0.0938. The minimum Gasteiger partial charge on any atom is -0.481 e. The van der Waals surface area contributed by atoms with Crippen LogP contribution in [0.15, 0.2) is 12.4 Å². The van der Waals surface area contributed by atoms with E-state index in [-0.39, 0.29) is 17.9 Å². The Morgan fingerprint density at radius 3 is 2.61 bits per heavy atom. The molecular formula is C12H19N3O3. The van der Waals surface area contributed by atoms with Gasteiger partial charge in [-0.05, 0) is 11.8 Å². The topological polar surface area (TPSA) is 95.1 Å². The van der Waals surface area contributed by atoms with Crippen LogP contribution in [0.3, 0.4) is 0 Å². The molecule has 18 heavy (non-hydrogen) atoms. The first-order valence-electron chi connectivity index (χ1n) is 5.79. The molecule has 1 aromatic rings. The average molecular weight is 253 g/mol. The Balaban J connectivity index is 2.53. The van der Waals surface area contributed by atoms with Crippen LogP contribution in [0.1, 0.15) is 37.6 Å². The molecule has 100 valence electrons. The number of carbonyl (C=O) groups is 2. The summed E-state index contributed by atoms with van der Waals surface area (Å²) in [5, 5.41) is 17.9. The lowest BCUT2D eigenvalue weighted by Crippen LogP contribution is -2.34. The summed E-state index contributed by atoms with van der Waals surface area (Å²) >= 11 is 0. The van der Waals surface area contributed by atoms with E-state index >= 15 is 0 Å².